The number of nitrogens with one attached hydrogen (secondary N) is 1. The lowest BCUT2D eigenvalue weighted by Gasteiger charge is -2.13. The maximum absolute atomic E-state index is 13.8. The van der Waals surface area contributed by atoms with Crippen molar-refractivity contribution >= 4 is 16.0 Å². The van der Waals surface area contributed by atoms with E-state index in [1.807, 2.05) is 25.1 Å². The fraction of sp³-hybridized carbons (Fsp3) is 0.316. The second kappa shape index (κ2) is 8.49. The molecule has 0 aliphatic carbocycles. The average Bonchev–Trinajstić information content (AvgIpc) is 2.58. The molecule has 0 bridgehead atoms. The Morgan fingerprint density at radius 2 is 1.93 bits per heavy atom. The third-order valence-corrected chi connectivity index (χ3v) is 5.47. The van der Waals surface area contributed by atoms with Gasteiger partial charge in [-0.2, -0.15) is 0 Å². The van der Waals surface area contributed by atoms with Crippen LogP contribution in [0.2, 0.25) is 0 Å². The van der Waals surface area contributed by atoms with Crippen molar-refractivity contribution in [1.82, 2.24) is 4.72 Å². The maximum atomic E-state index is 13.8. The van der Waals surface area contributed by atoms with Crippen molar-refractivity contribution in [2.75, 3.05) is 13.2 Å². The third kappa shape index (κ3) is 5.27. The number of carbonyl (C=O) groups is 1. The Morgan fingerprint density at radius 1 is 1.22 bits per heavy atom. The maximum Gasteiger partial charge on any atom is 0.335 e. The van der Waals surface area contributed by atoms with Crippen LogP contribution in [-0.2, 0) is 10.0 Å². The predicted octanol–water partition coefficient (Wildman–Crippen LogP) is 3.31. The van der Waals surface area contributed by atoms with Crippen LogP contribution in [0.4, 0.5) is 4.39 Å². The minimum atomic E-state index is -4.20. The predicted molar refractivity (Wildman–Crippen MR) is 99.3 cm³/mol. The molecule has 0 aromatic heterocycles. The normalized spacial score (nSPS) is 11.6. The van der Waals surface area contributed by atoms with E-state index < -0.39 is 26.7 Å². The topological polar surface area (TPSA) is 92.7 Å². The first-order valence-electron chi connectivity index (χ1n) is 8.37. The van der Waals surface area contributed by atoms with Crippen LogP contribution < -0.4 is 9.46 Å². The smallest absolute Gasteiger partial charge is 0.335 e. The zero-order valence-electron chi connectivity index (χ0n) is 15.3. The van der Waals surface area contributed by atoms with E-state index in [9.17, 15) is 17.6 Å². The second-order valence-corrected chi connectivity index (χ2v) is 8.11. The second-order valence-electron chi connectivity index (χ2n) is 6.37. The minimum Gasteiger partial charge on any atom is -0.492 e. The van der Waals surface area contributed by atoms with Gasteiger partial charge >= 0.3 is 5.97 Å². The largest absolute Gasteiger partial charge is 0.492 e. The summed E-state index contributed by atoms with van der Waals surface area (Å²) in [5, 5.41) is 8.92. The fourth-order valence-electron chi connectivity index (χ4n) is 2.65. The van der Waals surface area contributed by atoms with Gasteiger partial charge in [0, 0.05) is 6.54 Å². The molecule has 0 aliphatic heterocycles. The highest BCUT2D eigenvalue weighted by Crippen LogP contribution is 2.23. The van der Waals surface area contributed by atoms with Crippen molar-refractivity contribution in [2.24, 2.45) is 0 Å². The van der Waals surface area contributed by atoms with Gasteiger partial charge < -0.3 is 9.84 Å². The van der Waals surface area contributed by atoms with Gasteiger partial charge in [0.15, 0.2) is 0 Å². The molecule has 2 aromatic rings. The third-order valence-electron chi connectivity index (χ3n) is 3.99. The van der Waals surface area contributed by atoms with E-state index in [4.69, 9.17) is 9.84 Å². The van der Waals surface area contributed by atoms with E-state index in [2.05, 4.69) is 18.6 Å². The Bertz CT molecular complexity index is 941. The number of carboxylic acid groups (broad SMARTS) is 1. The van der Waals surface area contributed by atoms with Crippen molar-refractivity contribution in [3.05, 3.63) is 58.9 Å². The zero-order valence-corrected chi connectivity index (χ0v) is 16.1. The van der Waals surface area contributed by atoms with Crippen molar-refractivity contribution in [3.63, 3.8) is 0 Å². The Balaban J connectivity index is 2.00. The van der Waals surface area contributed by atoms with Gasteiger partial charge in [0.25, 0.3) is 0 Å². The number of rotatable bonds is 8. The number of hydrogen-bond acceptors (Lipinski definition) is 4. The van der Waals surface area contributed by atoms with E-state index in [0.717, 1.165) is 23.8 Å². The van der Waals surface area contributed by atoms with E-state index >= 15 is 0 Å². The zero-order chi connectivity index (χ0) is 20.2. The van der Waals surface area contributed by atoms with Gasteiger partial charge in [-0.1, -0.05) is 19.9 Å². The Kier molecular flexibility index (Phi) is 6.56. The Hall–Kier alpha value is -2.45. The Labute approximate surface area is 158 Å². The van der Waals surface area contributed by atoms with Gasteiger partial charge in [-0.25, -0.2) is 22.3 Å². The first-order valence-corrected chi connectivity index (χ1v) is 9.86. The van der Waals surface area contributed by atoms with Crippen LogP contribution in [-0.4, -0.2) is 32.6 Å². The first kappa shape index (κ1) is 20.9. The number of carboxylic acids is 1. The first-order chi connectivity index (χ1) is 12.6. The van der Waals surface area contributed by atoms with E-state index in [1.54, 1.807) is 0 Å². The summed E-state index contributed by atoms with van der Waals surface area (Å²) in [7, 11) is -4.20. The summed E-state index contributed by atoms with van der Waals surface area (Å²) in [5.74, 6) is -1.36. The molecule has 0 radical (unpaired) electrons. The summed E-state index contributed by atoms with van der Waals surface area (Å²) in [4.78, 5) is 10.2. The highest BCUT2D eigenvalue weighted by atomic mass is 32.2. The number of aryl methyl sites for hydroxylation is 1. The van der Waals surface area contributed by atoms with Crippen LogP contribution in [0.5, 0.6) is 5.75 Å². The summed E-state index contributed by atoms with van der Waals surface area (Å²) < 4.78 is 46.0. The fourth-order valence-corrected chi connectivity index (χ4v) is 3.77. The molecule has 0 heterocycles. The molecule has 0 aliphatic rings. The van der Waals surface area contributed by atoms with Crippen molar-refractivity contribution in [1.29, 1.82) is 0 Å². The molecule has 27 heavy (non-hydrogen) atoms. The van der Waals surface area contributed by atoms with Crippen molar-refractivity contribution < 1.29 is 27.4 Å². The lowest BCUT2D eigenvalue weighted by Crippen LogP contribution is -2.29. The standard InChI is InChI=1S/C19H22FNO5S/c1-12(2)16-6-5-15(10-13(16)3)26-9-8-21-27(24,25)18-11-14(19(22)23)4-7-17(18)20/h4-7,10-12,21H,8-9H2,1-3H3,(H,22,23). The van der Waals surface area contributed by atoms with Gasteiger partial charge in [-0.15, -0.1) is 0 Å². The molecule has 2 aromatic carbocycles. The van der Waals surface area contributed by atoms with Crippen LogP contribution in [0, 0.1) is 12.7 Å². The van der Waals surface area contributed by atoms with Crippen LogP contribution >= 0.6 is 0 Å². The lowest BCUT2D eigenvalue weighted by molar-refractivity contribution is 0.0696. The van der Waals surface area contributed by atoms with Crippen LogP contribution in [0.15, 0.2) is 41.3 Å². The summed E-state index contributed by atoms with van der Waals surface area (Å²) in [6.45, 7) is 6.11. The van der Waals surface area contributed by atoms with Crippen molar-refractivity contribution in [3.8, 4) is 5.75 Å². The number of hydrogen-bond donors (Lipinski definition) is 2. The van der Waals surface area contributed by atoms with Crippen LogP contribution in [0.1, 0.15) is 41.3 Å². The molecular weight excluding hydrogens is 373 g/mol. The molecule has 6 nitrogen and oxygen atoms in total. The van der Waals surface area contributed by atoms with Gasteiger partial charge in [0.2, 0.25) is 10.0 Å². The molecule has 0 spiro atoms. The number of benzene rings is 2. The molecule has 0 saturated heterocycles. The van der Waals surface area contributed by atoms with Gasteiger partial charge in [-0.3, -0.25) is 0 Å². The summed E-state index contributed by atoms with van der Waals surface area (Å²) in [6.07, 6.45) is 0. The van der Waals surface area contributed by atoms with E-state index in [1.165, 1.54) is 5.56 Å². The SMILES string of the molecule is Cc1cc(OCCNS(=O)(=O)c2cc(C(=O)O)ccc2F)ccc1C(C)C. The molecule has 0 saturated carbocycles. The number of halogens is 1. The molecule has 0 fully saturated rings. The molecular formula is C19H22FNO5S. The number of sulfonamides is 1. The lowest BCUT2D eigenvalue weighted by atomic mass is 9.98. The van der Waals surface area contributed by atoms with Crippen LogP contribution in [0.3, 0.4) is 0 Å². The molecule has 0 amide bonds. The molecule has 8 heteroatoms. The monoisotopic (exact) mass is 395 g/mol. The average molecular weight is 395 g/mol. The van der Waals surface area contributed by atoms with Gasteiger partial charge in [0.05, 0.1) is 5.56 Å². The van der Waals surface area contributed by atoms with E-state index in [-0.39, 0.29) is 18.7 Å². The molecule has 0 unspecified atom stereocenters. The summed E-state index contributed by atoms with van der Waals surface area (Å²) in [5.41, 5.74) is 1.97. The molecule has 2 N–H and O–H groups in total. The number of ether oxygens (including phenoxy) is 1. The summed E-state index contributed by atoms with van der Waals surface area (Å²) >= 11 is 0. The quantitative estimate of drug-likeness (QED) is 0.669. The summed E-state index contributed by atoms with van der Waals surface area (Å²) in [6, 6.07) is 8.25. The highest BCUT2D eigenvalue weighted by Gasteiger charge is 2.20. The van der Waals surface area contributed by atoms with Gasteiger partial charge in [0.1, 0.15) is 23.1 Å². The highest BCUT2D eigenvalue weighted by molar-refractivity contribution is 7.89. The van der Waals surface area contributed by atoms with Gasteiger partial charge in [-0.05, 0) is 54.3 Å². The number of aromatic carboxylic acids is 1. The molecule has 0 atom stereocenters. The van der Waals surface area contributed by atoms with E-state index in [0.29, 0.717) is 11.7 Å². The minimum absolute atomic E-state index is 0.0416. The van der Waals surface area contributed by atoms with Crippen LogP contribution in [0.25, 0.3) is 0 Å². The molecule has 146 valence electrons. The van der Waals surface area contributed by atoms with Crippen molar-refractivity contribution in [2.45, 2.75) is 31.6 Å². The Morgan fingerprint density at radius 3 is 2.52 bits per heavy atom. The molecule has 2 rings (SSSR count).